The van der Waals surface area contributed by atoms with Gasteiger partial charge in [0, 0.05) is 24.3 Å². The Labute approximate surface area is 205 Å². The van der Waals surface area contributed by atoms with Crippen LogP contribution in [0.4, 0.5) is 4.39 Å². The van der Waals surface area contributed by atoms with Gasteiger partial charge in [0.1, 0.15) is 11.9 Å². The van der Waals surface area contributed by atoms with E-state index in [4.69, 9.17) is 4.74 Å². The fourth-order valence-electron chi connectivity index (χ4n) is 5.09. The van der Waals surface area contributed by atoms with Gasteiger partial charge in [0.2, 0.25) is 0 Å². The Balaban J connectivity index is 1.30. The van der Waals surface area contributed by atoms with Crippen LogP contribution < -0.4 is 4.74 Å². The van der Waals surface area contributed by atoms with Crippen molar-refractivity contribution >= 4 is 16.9 Å². The summed E-state index contributed by atoms with van der Waals surface area (Å²) in [6, 6.07) is 9.14. The molecule has 0 spiro atoms. The van der Waals surface area contributed by atoms with Gasteiger partial charge in [-0.05, 0) is 99.0 Å². The molecular weight excluding hydrogens is 447 g/mol. The maximum atomic E-state index is 15.4. The third-order valence-electron chi connectivity index (χ3n) is 7.10. The minimum absolute atomic E-state index is 0.0208. The van der Waals surface area contributed by atoms with E-state index in [9.17, 15) is 9.90 Å². The number of alkyl halides is 1. The minimum atomic E-state index is -1.18. The lowest BCUT2D eigenvalue weighted by molar-refractivity contribution is -0.146. The maximum absolute atomic E-state index is 15.4. The number of benzene rings is 1. The average Bonchev–Trinajstić information content (AvgIpc) is 2.89. The van der Waals surface area contributed by atoms with E-state index in [-0.39, 0.29) is 5.92 Å². The number of unbranched alkanes of at least 4 members (excludes halogenated alkanes) is 1. The number of hydrogen-bond donors (Lipinski definition) is 1. The molecule has 1 aliphatic heterocycles. The molecule has 0 aliphatic carbocycles. The molecule has 1 N–H and O–H groups in total. The molecule has 0 saturated carbocycles. The summed E-state index contributed by atoms with van der Waals surface area (Å²) in [4.78, 5) is 18.6. The molecule has 8 heteroatoms. The molecule has 1 saturated heterocycles. The number of carbonyl (C=O) groups is 1. The Hall–Kier alpha value is -3.13. The predicted octanol–water partition coefficient (Wildman–Crippen LogP) is 4.87. The third kappa shape index (κ3) is 6.51. The average molecular weight is 481 g/mol. The molecule has 1 aromatic carbocycles. The normalized spacial score (nSPS) is 19.5. The highest BCUT2D eigenvalue weighted by Gasteiger charge is 2.34. The Morgan fingerprint density at radius 2 is 2.11 bits per heavy atom. The first-order valence-electron chi connectivity index (χ1n) is 12.3. The highest BCUT2D eigenvalue weighted by Crippen LogP contribution is 2.35. The largest absolute Gasteiger partial charge is 0.497 e. The lowest BCUT2D eigenvalue weighted by Crippen LogP contribution is -2.44. The van der Waals surface area contributed by atoms with Crippen LogP contribution >= 0.6 is 0 Å². The van der Waals surface area contributed by atoms with Gasteiger partial charge in [-0.25, -0.2) is 4.39 Å². The van der Waals surface area contributed by atoms with Crippen LogP contribution in [0.5, 0.6) is 5.75 Å². The summed E-state index contributed by atoms with van der Waals surface area (Å²) in [6.45, 7) is 2.27. The molecule has 1 fully saturated rings. The van der Waals surface area contributed by atoms with Crippen molar-refractivity contribution < 1.29 is 19.0 Å². The zero-order valence-corrected chi connectivity index (χ0v) is 20.1. The van der Waals surface area contributed by atoms with Crippen molar-refractivity contribution in [3.63, 3.8) is 0 Å². The topological polar surface area (TPSA) is 88.4 Å². The number of likely N-dealkylation sites (tertiary alicyclic amines) is 1. The number of carboxylic acids is 1. The smallest absolute Gasteiger partial charge is 0.308 e. The summed E-state index contributed by atoms with van der Waals surface area (Å²) in [5.41, 5.74) is 2.48. The molecule has 4 rings (SSSR count). The molecule has 1 aliphatic rings. The SMILES string of the molecule is COc1ccc2nccc([C@H](F)CC[C@@H]3CCN(CCCCc4ccnnc4)C[C@@H]3C(=O)O)c2c1. The number of piperidine rings is 1. The van der Waals surface area contributed by atoms with E-state index in [1.807, 2.05) is 24.3 Å². The molecule has 2 aromatic heterocycles. The second-order valence-electron chi connectivity index (χ2n) is 9.33. The summed E-state index contributed by atoms with van der Waals surface area (Å²) < 4.78 is 20.7. The van der Waals surface area contributed by atoms with Gasteiger partial charge < -0.3 is 14.7 Å². The molecule has 0 amide bonds. The molecule has 3 atom stereocenters. The van der Waals surface area contributed by atoms with Gasteiger partial charge in [-0.15, -0.1) is 0 Å². The van der Waals surface area contributed by atoms with Gasteiger partial charge in [0.25, 0.3) is 0 Å². The first-order valence-corrected chi connectivity index (χ1v) is 12.3. The van der Waals surface area contributed by atoms with E-state index < -0.39 is 18.1 Å². The van der Waals surface area contributed by atoms with Gasteiger partial charge in [-0.3, -0.25) is 9.78 Å². The van der Waals surface area contributed by atoms with Crippen molar-refractivity contribution in [3.8, 4) is 5.75 Å². The molecule has 186 valence electrons. The quantitative estimate of drug-likeness (QED) is 0.392. The van der Waals surface area contributed by atoms with Crippen molar-refractivity contribution in [1.82, 2.24) is 20.1 Å². The number of methoxy groups -OCH3 is 1. The van der Waals surface area contributed by atoms with Gasteiger partial charge in [-0.1, -0.05) is 0 Å². The van der Waals surface area contributed by atoms with E-state index >= 15 is 4.39 Å². The van der Waals surface area contributed by atoms with Gasteiger partial charge in [0.15, 0.2) is 0 Å². The van der Waals surface area contributed by atoms with Crippen molar-refractivity contribution in [2.24, 2.45) is 11.8 Å². The van der Waals surface area contributed by atoms with E-state index in [2.05, 4.69) is 20.1 Å². The van der Waals surface area contributed by atoms with Crippen LogP contribution in [0.25, 0.3) is 10.9 Å². The maximum Gasteiger partial charge on any atom is 0.308 e. The van der Waals surface area contributed by atoms with E-state index in [1.54, 1.807) is 31.8 Å². The van der Waals surface area contributed by atoms with E-state index in [0.29, 0.717) is 30.7 Å². The van der Waals surface area contributed by atoms with Crippen LogP contribution in [-0.4, -0.2) is 57.9 Å². The number of fused-ring (bicyclic) bond motifs is 1. The Kier molecular flexibility index (Phi) is 8.58. The van der Waals surface area contributed by atoms with Crippen molar-refractivity contribution in [2.75, 3.05) is 26.7 Å². The second kappa shape index (κ2) is 12.0. The molecular formula is C27H33FN4O3. The third-order valence-corrected chi connectivity index (χ3v) is 7.10. The van der Waals surface area contributed by atoms with Crippen LogP contribution in [0.2, 0.25) is 0 Å². The number of aryl methyl sites for hydroxylation is 1. The molecule has 3 heterocycles. The van der Waals surface area contributed by atoms with Crippen molar-refractivity contribution in [2.45, 2.75) is 44.7 Å². The van der Waals surface area contributed by atoms with Crippen LogP contribution in [0.3, 0.4) is 0 Å². The van der Waals surface area contributed by atoms with E-state index in [0.717, 1.165) is 49.7 Å². The summed E-state index contributed by atoms with van der Waals surface area (Å²) in [5.74, 6) is -0.603. The summed E-state index contributed by atoms with van der Waals surface area (Å²) in [6.07, 6.45) is 8.54. The summed E-state index contributed by atoms with van der Waals surface area (Å²) >= 11 is 0. The number of halogens is 1. The molecule has 35 heavy (non-hydrogen) atoms. The van der Waals surface area contributed by atoms with Crippen LogP contribution in [-0.2, 0) is 11.2 Å². The lowest BCUT2D eigenvalue weighted by atomic mass is 9.81. The summed E-state index contributed by atoms with van der Waals surface area (Å²) in [7, 11) is 1.58. The zero-order valence-electron chi connectivity index (χ0n) is 20.1. The molecule has 0 bridgehead atoms. The highest BCUT2D eigenvalue weighted by molar-refractivity contribution is 5.83. The number of aliphatic carboxylic acids is 1. The summed E-state index contributed by atoms with van der Waals surface area (Å²) in [5, 5.41) is 18.3. The Morgan fingerprint density at radius 3 is 2.89 bits per heavy atom. The minimum Gasteiger partial charge on any atom is -0.497 e. The fourth-order valence-corrected chi connectivity index (χ4v) is 5.09. The monoisotopic (exact) mass is 480 g/mol. The van der Waals surface area contributed by atoms with Crippen molar-refractivity contribution in [3.05, 3.63) is 60.0 Å². The number of hydrogen-bond acceptors (Lipinski definition) is 6. The fraction of sp³-hybridized carbons (Fsp3) is 0.481. The van der Waals surface area contributed by atoms with Gasteiger partial charge >= 0.3 is 5.97 Å². The lowest BCUT2D eigenvalue weighted by Gasteiger charge is -2.37. The zero-order chi connectivity index (χ0) is 24.6. The standard InChI is InChI=1S/C27H33FN4O3/c1-35-21-6-8-26-23(16-21)22(10-12-29-26)25(28)7-5-20-11-15-32(18-24(20)27(33)34)14-3-2-4-19-9-13-30-31-17-19/h6,8-10,12-13,16-17,20,24-25H,2-5,7,11,14-15,18H2,1H3,(H,33,34)/t20-,24+,25-/m1/s1. The van der Waals surface area contributed by atoms with Crippen LogP contribution in [0, 0.1) is 11.8 Å². The first kappa shape index (κ1) is 25.0. The number of carboxylic acid groups (broad SMARTS) is 1. The first-order chi connectivity index (χ1) is 17.0. The number of aromatic nitrogens is 3. The van der Waals surface area contributed by atoms with Crippen molar-refractivity contribution in [1.29, 1.82) is 0 Å². The van der Waals surface area contributed by atoms with Gasteiger partial charge in [-0.2, -0.15) is 10.2 Å². The Bertz CT molecular complexity index is 1110. The van der Waals surface area contributed by atoms with Gasteiger partial charge in [0.05, 0.1) is 24.7 Å². The van der Waals surface area contributed by atoms with E-state index in [1.165, 1.54) is 5.56 Å². The molecule has 0 unspecified atom stereocenters. The predicted molar refractivity (Wildman–Crippen MR) is 132 cm³/mol. The molecule has 3 aromatic rings. The number of rotatable bonds is 11. The van der Waals surface area contributed by atoms with Crippen LogP contribution in [0.15, 0.2) is 48.9 Å². The molecule has 0 radical (unpaired) electrons. The second-order valence-corrected chi connectivity index (χ2v) is 9.33. The molecule has 7 nitrogen and oxygen atoms in total. The number of pyridine rings is 1. The Morgan fingerprint density at radius 1 is 1.23 bits per heavy atom. The van der Waals surface area contributed by atoms with Crippen LogP contribution in [0.1, 0.15) is 49.4 Å². The number of ether oxygens (including phenoxy) is 1. The number of nitrogens with zero attached hydrogens (tertiary/aromatic N) is 4. The highest BCUT2D eigenvalue weighted by atomic mass is 19.1.